The number of halogens is 3. The SMILES string of the molecule is CC(C)[C@H]1CN(C(c2ccccc2)c2ccc(C(F)(F)F)cc2)CCN1. The number of piperazine rings is 1. The molecule has 0 saturated carbocycles. The van der Waals surface area contributed by atoms with Crippen molar-refractivity contribution in [2.75, 3.05) is 19.6 Å². The minimum atomic E-state index is -4.31. The molecule has 140 valence electrons. The van der Waals surface area contributed by atoms with Crippen LogP contribution in [0.15, 0.2) is 54.6 Å². The van der Waals surface area contributed by atoms with Gasteiger partial charge in [0.15, 0.2) is 0 Å². The highest BCUT2D eigenvalue weighted by Gasteiger charge is 2.32. The summed E-state index contributed by atoms with van der Waals surface area (Å²) in [7, 11) is 0. The summed E-state index contributed by atoms with van der Waals surface area (Å²) in [6.07, 6.45) is -4.31. The summed E-state index contributed by atoms with van der Waals surface area (Å²) in [6.45, 7) is 7.00. The van der Waals surface area contributed by atoms with Crippen LogP contribution in [0.2, 0.25) is 0 Å². The quantitative estimate of drug-likeness (QED) is 0.846. The number of benzene rings is 2. The summed E-state index contributed by atoms with van der Waals surface area (Å²) in [5.74, 6) is 0.502. The van der Waals surface area contributed by atoms with E-state index in [1.54, 1.807) is 12.1 Å². The maximum atomic E-state index is 12.9. The molecule has 0 aromatic heterocycles. The monoisotopic (exact) mass is 362 g/mol. The van der Waals surface area contributed by atoms with E-state index in [9.17, 15) is 13.2 Å². The van der Waals surface area contributed by atoms with Crippen LogP contribution >= 0.6 is 0 Å². The maximum Gasteiger partial charge on any atom is 0.416 e. The normalized spacial score (nSPS) is 20.3. The van der Waals surface area contributed by atoms with Gasteiger partial charge in [0.05, 0.1) is 11.6 Å². The van der Waals surface area contributed by atoms with Gasteiger partial charge in [-0.3, -0.25) is 4.90 Å². The van der Waals surface area contributed by atoms with Crippen LogP contribution < -0.4 is 5.32 Å². The maximum absolute atomic E-state index is 12.9. The summed E-state index contributed by atoms with van der Waals surface area (Å²) in [5, 5.41) is 3.54. The first kappa shape index (κ1) is 18.9. The van der Waals surface area contributed by atoms with Crippen molar-refractivity contribution >= 4 is 0 Å². The fraction of sp³-hybridized carbons (Fsp3) is 0.429. The standard InChI is InChI=1S/C21H25F3N2/c1-15(2)19-14-26(13-12-25-19)20(16-6-4-3-5-7-16)17-8-10-18(11-9-17)21(22,23)24/h3-11,15,19-20,25H,12-14H2,1-2H3/t19-,20?/m1/s1. The lowest BCUT2D eigenvalue weighted by Crippen LogP contribution is -2.53. The number of rotatable bonds is 4. The van der Waals surface area contributed by atoms with Crippen molar-refractivity contribution in [2.24, 2.45) is 5.92 Å². The molecule has 26 heavy (non-hydrogen) atoms. The Morgan fingerprint density at radius 3 is 2.15 bits per heavy atom. The van der Waals surface area contributed by atoms with Gasteiger partial charge in [-0.2, -0.15) is 13.2 Å². The lowest BCUT2D eigenvalue weighted by Gasteiger charge is -2.41. The first-order valence-corrected chi connectivity index (χ1v) is 9.06. The van der Waals surface area contributed by atoms with E-state index in [1.165, 1.54) is 12.1 Å². The summed E-state index contributed by atoms with van der Waals surface area (Å²) in [6, 6.07) is 16.0. The van der Waals surface area contributed by atoms with Crippen molar-refractivity contribution in [3.63, 3.8) is 0 Å². The zero-order chi connectivity index (χ0) is 18.7. The topological polar surface area (TPSA) is 15.3 Å². The van der Waals surface area contributed by atoms with Crippen molar-refractivity contribution in [2.45, 2.75) is 32.1 Å². The van der Waals surface area contributed by atoms with Crippen LogP contribution in [-0.2, 0) is 6.18 Å². The van der Waals surface area contributed by atoms with E-state index >= 15 is 0 Å². The lowest BCUT2D eigenvalue weighted by atomic mass is 9.93. The third-order valence-electron chi connectivity index (χ3n) is 5.08. The number of alkyl halides is 3. The number of nitrogens with zero attached hydrogens (tertiary/aromatic N) is 1. The van der Waals surface area contributed by atoms with E-state index in [4.69, 9.17) is 0 Å². The van der Waals surface area contributed by atoms with Crippen molar-refractivity contribution < 1.29 is 13.2 Å². The van der Waals surface area contributed by atoms with Crippen molar-refractivity contribution in [1.82, 2.24) is 10.2 Å². The van der Waals surface area contributed by atoms with Crippen molar-refractivity contribution in [1.29, 1.82) is 0 Å². The van der Waals surface area contributed by atoms with E-state index in [0.29, 0.717) is 12.0 Å². The van der Waals surface area contributed by atoms with E-state index in [-0.39, 0.29) is 6.04 Å². The molecule has 2 nitrogen and oxygen atoms in total. The van der Waals surface area contributed by atoms with Crippen LogP contribution in [0.3, 0.4) is 0 Å². The van der Waals surface area contributed by atoms with Crippen molar-refractivity contribution in [3.05, 3.63) is 71.3 Å². The zero-order valence-electron chi connectivity index (χ0n) is 15.1. The Labute approximate surface area is 153 Å². The molecule has 0 radical (unpaired) electrons. The molecule has 1 saturated heterocycles. The molecule has 5 heteroatoms. The summed E-state index contributed by atoms with van der Waals surface area (Å²) >= 11 is 0. The number of hydrogen-bond acceptors (Lipinski definition) is 2. The average Bonchev–Trinajstić information content (AvgIpc) is 2.63. The molecule has 0 spiro atoms. The highest BCUT2D eigenvalue weighted by molar-refractivity contribution is 5.34. The number of nitrogens with one attached hydrogen (secondary N) is 1. The second-order valence-corrected chi connectivity index (χ2v) is 7.23. The smallest absolute Gasteiger partial charge is 0.311 e. The Morgan fingerprint density at radius 1 is 0.962 bits per heavy atom. The first-order valence-electron chi connectivity index (χ1n) is 9.06. The molecule has 1 aliphatic rings. The van der Waals surface area contributed by atoms with Gasteiger partial charge in [0, 0.05) is 25.7 Å². The Hall–Kier alpha value is -1.85. The molecule has 2 atom stereocenters. The van der Waals surface area contributed by atoms with Gasteiger partial charge in [-0.05, 0) is 29.2 Å². The molecule has 1 fully saturated rings. The molecule has 0 bridgehead atoms. The van der Waals surface area contributed by atoms with Crippen LogP contribution in [0.25, 0.3) is 0 Å². The molecule has 3 rings (SSSR count). The van der Waals surface area contributed by atoms with Gasteiger partial charge >= 0.3 is 6.18 Å². The predicted octanol–water partition coefficient (Wildman–Crippen LogP) is 4.72. The van der Waals surface area contributed by atoms with Crippen LogP contribution in [0.1, 0.15) is 36.6 Å². The van der Waals surface area contributed by atoms with Gasteiger partial charge in [0.2, 0.25) is 0 Å². The van der Waals surface area contributed by atoms with Crippen LogP contribution in [0.4, 0.5) is 13.2 Å². The molecule has 1 N–H and O–H groups in total. The molecular weight excluding hydrogens is 337 g/mol. The van der Waals surface area contributed by atoms with Gasteiger partial charge in [0.25, 0.3) is 0 Å². The molecule has 2 aromatic carbocycles. The number of hydrogen-bond donors (Lipinski definition) is 1. The van der Waals surface area contributed by atoms with Gasteiger partial charge in [0.1, 0.15) is 0 Å². The highest BCUT2D eigenvalue weighted by atomic mass is 19.4. The van der Waals surface area contributed by atoms with E-state index in [0.717, 1.165) is 30.8 Å². The molecular formula is C21H25F3N2. The Bertz CT molecular complexity index is 695. The molecule has 1 heterocycles. The largest absolute Gasteiger partial charge is 0.416 e. The van der Waals surface area contributed by atoms with Gasteiger partial charge < -0.3 is 5.32 Å². The minimum absolute atomic E-state index is 0.0400. The van der Waals surface area contributed by atoms with Gasteiger partial charge in [-0.15, -0.1) is 0 Å². The molecule has 1 aliphatic heterocycles. The summed E-state index contributed by atoms with van der Waals surface area (Å²) < 4.78 is 38.8. The highest BCUT2D eigenvalue weighted by Crippen LogP contribution is 2.34. The Kier molecular flexibility index (Phi) is 5.68. The fourth-order valence-corrected chi connectivity index (χ4v) is 3.59. The summed E-state index contributed by atoms with van der Waals surface area (Å²) in [4.78, 5) is 2.37. The van der Waals surface area contributed by atoms with Crippen molar-refractivity contribution in [3.8, 4) is 0 Å². The van der Waals surface area contributed by atoms with Crippen LogP contribution in [0, 0.1) is 5.92 Å². The zero-order valence-corrected chi connectivity index (χ0v) is 15.1. The lowest BCUT2D eigenvalue weighted by molar-refractivity contribution is -0.137. The fourth-order valence-electron chi connectivity index (χ4n) is 3.59. The average molecular weight is 362 g/mol. The molecule has 0 amide bonds. The van der Waals surface area contributed by atoms with Gasteiger partial charge in [-0.1, -0.05) is 56.3 Å². The summed E-state index contributed by atoms with van der Waals surface area (Å²) in [5.41, 5.74) is 1.40. The molecule has 1 unspecified atom stereocenters. The van der Waals surface area contributed by atoms with E-state index in [1.807, 2.05) is 18.2 Å². The molecule has 0 aliphatic carbocycles. The molecule has 2 aromatic rings. The van der Waals surface area contributed by atoms with Crippen LogP contribution in [0.5, 0.6) is 0 Å². The van der Waals surface area contributed by atoms with E-state index < -0.39 is 11.7 Å². The first-order chi connectivity index (χ1) is 12.4. The minimum Gasteiger partial charge on any atom is -0.311 e. The Morgan fingerprint density at radius 2 is 1.58 bits per heavy atom. The van der Waals surface area contributed by atoms with Gasteiger partial charge in [-0.25, -0.2) is 0 Å². The predicted molar refractivity (Wildman–Crippen MR) is 97.9 cm³/mol. The van der Waals surface area contributed by atoms with Crippen LogP contribution in [-0.4, -0.2) is 30.6 Å². The Balaban J connectivity index is 1.94. The third kappa shape index (κ3) is 4.27. The van der Waals surface area contributed by atoms with E-state index in [2.05, 4.69) is 36.2 Å². The third-order valence-corrected chi connectivity index (χ3v) is 5.08. The second kappa shape index (κ2) is 7.80. The second-order valence-electron chi connectivity index (χ2n) is 7.23.